The first-order valence-corrected chi connectivity index (χ1v) is 5.52. The van der Waals surface area contributed by atoms with Crippen molar-refractivity contribution >= 4 is 5.91 Å². The molecule has 1 amide bonds. The van der Waals surface area contributed by atoms with E-state index in [0.717, 1.165) is 0 Å². The molecule has 1 atom stereocenters. The van der Waals surface area contributed by atoms with Crippen LogP contribution in [-0.4, -0.2) is 28.1 Å². The molecule has 3 N–H and O–H groups in total. The van der Waals surface area contributed by atoms with E-state index in [2.05, 4.69) is 10.3 Å². The summed E-state index contributed by atoms with van der Waals surface area (Å²) in [5, 5.41) is 12.6. The summed E-state index contributed by atoms with van der Waals surface area (Å²) < 4.78 is 0. The normalized spacial score (nSPS) is 14.4. The van der Waals surface area contributed by atoms with Gasteiger partial charge in [-0.15, -0.1) is 0 Å². The molecule has 1 aromatic rings. The molecule has 1 unspecified atom stereocenters. The first-order valence-electron chi connectivity index (χ1n) is 5.52. The Morgan fingerprint density at radius 2 is 2.24 bits per heavy atom. The Labute approximate surface area is 99.9 Å². The van der Waals surface area contributed by atoms with Crippen LogP contribution in [0.3, 0.4) is 0 Å². The average molecular weight is 238 g/mol. The molecule has 0 aromatic carbocycles. The highest BCUT2D eigenvalue weighted by molar-refractivity contribution is 5.93. The van der Waals surface area contributed by atoms with E-state index in [1.54, 1.807) is 6.92 Å². The monoisotopic (exact) mass is 238 g/mol. The molecule has 94 valence electrons. The van der Waals surface area contributed by atoms with Gasteiger partial charge in [0, 0.05) is 24.4 Å². The fourth-order valence-corrected chi connectivity index (χ4v) is 1.15. The lowest BCUT2D eigenvalue weighted by Crippen LogP contribution is -2.44. The number of pyridine rings is 1. The van der Waals surface area contributed by atoms with Crippen molar-refractivity contribution < 1.29 is 9.90 Å². The Hall–Kier alpha value is -1.62. The molecule has 5 heteroatoms. The minimum absolute atomic E-state index is 0.0296. The first-order chi connectivity index (χ1) is 7.83. The van der Waals surface area contributed by atoms with Crippen LogP contribution in [-0.2, 0) is 0 Å². The van der Waals surface area contributed by atoms with Crippen LogP contribution in [0.4, 0.5) is 0 Å². The number of rotatable bonds is 4. The molecule has 17 heavy (non-hydrogen) atoms. The summed E-state index contributed by atoms with van der Waals surface area (Å²) in [7, 11) is 0. The smallest absolute Gasteiger partial charge is 0.251 e. The maximum Gasteiger partial charge on any atom is 0.251 e. The fourth-order valence-electron chi connectivity index (χ4n) is 1.15. The molecule has 0 saturated heterocycles. The van der Waals surface area contributed by atoms with Gasteiger partial charge < -0.3 is 15.4 Å². The molecule has 0 aliphatic carbocycles. The van der Waals surface area contributed by atoms with E-state index in [0.29, 0.717) is 0 Å². The summed E-state index contributed by atoms with van der Waals surface area (Å²) in [6.07, 6.45) is 1.41. The first kappa shape index (κ1) is 13.4. The molecule has 1 rings (SSSR count). The summed E-state index contributed by atoms with van der Waals surface area (Å²) >= 11 is 0. The number of hydrogen-bond acceptors (Lipinski definition) is 3. The molecule has 1 aromatic heterocycles. The van der Waals surface area contributed by atoms with Crippen LogP contribution in [0.2, 0.25) is 0 Å². The Morgan fingerprint density at radius 3 is 2.76 bits per heavy atom. The van der Waals surface area contributed by atoms with Gasteiger partial charge in [0.1, 0.15) is 0 Å². The van der Waals surface area contributed by atoms with Crippen LogP contribution in [0.25, 0.3) is 0 Å². The lowest BCUT2D eigenvalue weighted by atomic mass is 9.92. The van der Waals surface area contributed by atoms with Crippen LogP contribution in [0.1, 0.15) is 31.1 Å². The zero-order chi connectivity index (χ0) is 13.1. The van der Waals surface area contributed by atoms with Gasteiger partial charge >= 0.3 is 0 Å². The summed E-state index contributed by atoms with van der Waals surface area (Å²) in [5.74, 6) is -0.334. The van der Waals surface area contributed by atoms with Gasteiger partial charge in [0.05, 0.1) is 5.60 Å². The maximum absolute atomic E-state index is 11.7. The second-order valence-corrected chi connectivity index (χ2v) is 4.64. The molecule has 0 fully saturated rings. The highest BCUT2D eigenvalue weighted by Crippen LogP contribution is 2.14. The number of aliphatic hydroxyl groups is 1. The van der Waals surface area contributed by atoms with E-state index in [-0.39, 0.29) is 29.5 Å². The van der Waals surface area contributed by atoms with Gasteiger partial charge in [-0.1, -0.05) is 13.8 Å². The third-order valence-electron chi connectivity index (χ3n) is 2.89. The zero-order valence-electron chi connectivity index (χ0n) is 10.3. The number of hydrogen-bond donors (Lipinski definition) is 3. The Morgan fingerprint density at radius 1 is 1.59 bits per heavy atom. The molecule has 0 bridgehead atoms. The molecule has 0 spiro atoms. The standard InChI is InChI=1S/C12H18N2O3/c1-8(2)12(3,17)7-14-11(16)9-4-5-13-10(15)6-9/h4-6,8,17H,7H2,1-3H3,(H,13,15)(H,14,16). The van der Waals surface area contributed by atoms with Crippen LogP contribution in [0.15, 0.2) is 23.1 Å². The van der Waals surface area contributed by atoms with Crippen molar-refractivity contribution in [2.75, 3.05) is 6.54 Å². The van der Waals surface area contributed by atoms with E-state index in [4.69, 9.17) is 0 Å². The third kappa shape index (κ3) is 3.71. The minimum atomic E-state index is -0.961. The lowest BCUT2D eigenvalue weighted by molar-refractivity contribution is 0.0142. The summed E-state index contributed by atoms with van der Waals surface area (Å²) in [4.78, 5) is 25.1. The van der Waals surface area contributed by atoms with Crippen molar-refractivity contribution in [1.82, 2.24) is 10.3 Å². The Bertz CT molecular complexity index is 449. The zero-order valence-corrected chi connectivity index (χ0v) is 10.3. The largest absolute Gasteiger partial charge is 0.388 e. The third-order valence-corrected chi connectivity index (χ3v) is 2.89. The Kier molecular flexibility index (Phi) is 4.07. The van der Waals surface area contributed by atoms with Crippen LogP contribution in [0, 0.1) is 5.92 Å². The molecule has 1 heterocycles. The van der Waals surface area contributed by atoms with E-state index < -0.39 is 5.60 Å². The Balaban J connectivity index is 2.65. The molecule has 5 nitrogen and oxygen atoms in total. The van der Waals surface area contributed by atoms with Crippen LogP contribution in [0.5, 0.6) is 0 Å². The number of aromatic nitrogens is 1. The second kappa shape index (κ2) is 5.14. The van der Waals surface area contributed by atoms with Crippen molar-refractivity contribution in [3.05, 3.63) is 34.2 Å². The van der Waals surface area contributed by atoms with Gasteiger partial charge in [-0.25, -0.2) is 0 Å². The van der Waals surface area contributed by atoms with Crippen LogP contribution >= 0.6 is 0 Å². The summed E-state index contributed by atoms with van der Waals surface area (Å²) in [6.45, 7) is 5.56. The maximum atomic E-state index is 11.7. The number of H-pyrrole nitrogens is 1. The fraction of sp³-hybridized carbons (Fsp3) is 0.500. The van der Waals surface area contributed by atoms with Crippen molar-refractivity contribution in [3.8, 4) is 0 Å². The number of carbonyl (C=O) groups excluding carboxylic acids is 1. The summed E-state index contributed by atoms with van der Waals surface area (Å²) in [6, 6.07) is 2.74. The predicted molar refractivity (Wildman–Crippen MR) is 64.9 cm³/mol. The van der Waals surface area contributed by atoms with E-state index in [1.807, 2.05) is 13.8 Å². The van der Waals surface area contributed by atoms with Gasteiger partial charge in [0.2, 0.25) is 5.56 Å². The lowest BCUT2D eigenvalue weighted by Gasteiger charge is -2.27. The van der Waals surface area contributed by atoms with Crippen molar-refractivity contribution in [2.24, 2.45) is 5.92 Å². The van der Waals surface area contributed by atoms with Crippen molar-refractivity contribution in [1.29, 1.82) is 0 Å². The van der Waals surface area contributed by atoms with Gasteiger partial charge in [0.15, 0.2) is 0 Å². The van der Waals surface area contributed by atoms with Gasteiger partial charge in [-0.05, 0) is 18.9 Å². The van der Waals surface area contributed by atoms with Crippen molar-refractivity contribution in [3.63, 3.8) is 0 Å². The quantitative estimate of drug-likeness (QED) is 0.715. The molecular formula is C12H18N2O3. The van der Waals surface area contributed by atoms with Crippen LogP contribution < -0.4 is 10.9 Å². The predicted octanol–water partition coefficient (Wildman–Crippen LogP) is 0.512. The average Bonchev–Trinajstić information content (AvgIpc) is 2.25. The number of carbonyl (C=O) groups is 1. The minimum Gasteiger partial charge on any atom is -0.388 e. The molecule has 0 aliphatic heterocycles. The number of amides is 1. The van der Waals surface area contributed by atoms with Gasteiger partial charge in [-0.2, -0.15) is 0 Å². The highest BCUT2D eigenvalue weighted by Gasteiger charge is 2.25. The van der Waals surface area contributed by atoms with Gasteiger partial charge in [-0.3, -0.25) is 9.59 Å². The summed E-state index contributed by atoms with van der Waals surface area (Å²) in [5.41, 5.74) is -1.00. The van der Waals surface area contributed by atoms with E-state index in [9.17, 15) is 14.7 Å². The number of nitrogens with one attached hydrogen (secondary N) is 2. The second-order valence-electron chi connectivity index (χ2n) is 4.64. The van der Waals surface area contributed by atoms with Crippen molar-refractivity contribution in [2.45, 2.75) is 26.4 Å². The SMILES string of the molecule is CC(C)C(C)(O)CNC(=O)c1cc[nH]c(=O)c1. The van der Waals surface area contributed by atoms with E-state index >= 15 is 0 Å². The molecular weight excluding hydrogens is 220 g/mol. The van der Waals surface area contributed by atoms with Gasteiger partial charge in [0.25, 0.3) is 5.91 Å². The highest BCUT2D eigenvalue weighted by atomic mass is 16.3. The van der Waals surface area contributed by atoms with E-state index in [1.165, 1.54) is 18.3 Å². The molecule has 0 radical (unpaired) electrons. The molecule has 0 saturated carbocycles. The molecule has 0 aliphatic rings. The topological polar surface area (TPSA) is 82.2 Å². The number of aromatic amines is 1.